The van der Waals surface area contributed by atoms with Gasteiger partial charge in [-0.1, -0.05) is 12.1 Å². The predicted molar refractivity (Wildman–Crippen MR) is 61.7 cm³/mol. The highest BCUT2D eigenvalue weighted by molar-refractivity contribution is 5.92. The molecule has 0 saturated heterocycles. The lowest BCUT2D eigenvalue weighted by atomic mass is 10.3. The smallest absolute Gasteiger partial charge is 0.288 e. The summed E-state index contributed by atoms with van der Waals surface area (Å²) in [6.45, 7) is 0. The van der Waals surface area contributed by atoms with Gasteiger partial charge in [0.2, 0.25) is 5.95 Å². The second-order valence-corrected chi connectivity index (χ2v) is 3.44. The van der Waals surface area contributed by atoms with Crippen LogP contribution in [0.4, 0.5) is 14.5 Å². The van der Waals surface area contributed by atoms with Crippen LogP contribution in [0.15, 0.2) is 42.5 Å². The zero-order valence-electron chi connectivity index (χ0n) is 9.15. The Kier molecular flexibility index (Phi) is 3.47. The molecule has 0 bridgehead atoms. The number of amides is 1. The molecule has 18 heavy (non-hydrogen) atoms. The zero-order chi connectivity index (χ0) is 13.0. The highest BCUT2D eigenvalue weighted by Gasteiger charge is 2.07. The van der Waals surface area contributed by atoms with Gasteiger partial charge in [0, 0.05) is 0 Å². The molecule has 0 aliphatic carbocycles. The number of carbonyl (C=O) groups is 1. The highest BCUT2D eigenvalue weighted by atomic mass is 19.1. The summed E-state index contributed by atoms with van der Waals surface area (Å²) in [5, 5.41) is 0. The predicted octanol–water partition coefficient (Wildman–Crippen LogP) is 2.12. The summed E-state index contributed by atoms with van der Waals surface area (Å²) < 4.78 is 25.6. The Morgan fingerprint density at radius 2 is 1.89 bits per heavy atom. The molecular weight excluding hydrogens is 240 g/mol. The van der Waals surface area contributed by atoms with Crippen molar-refractivity contribution in [2.24, 2.45) is 0 Å². The van der Waals surface area contributed by atoms with Gasteiger partial charge in [-0.25, -0.2) is 9.37 Å². The molecule has 0 aliphatic heterocycles. The van der Waals surface area contributed by atoms with Gasteiger partial charge in [0.05, 0.1) is 5.69 Å². The number of rotatable bonds is 3. The molecule has 1 aromatic carbocycles. The van der Waals surface area contributed by atoms with E-state index in [0.29, 0.717) is 5.69 Å². The summed E-state index contributed by atoms with van der Waals surface area (Å²) >= 11 is 0. The van der Waals surface area contributed by atoms with Crippen LogP contribution < -0.4 is 10.9 Å². The van der Waals surface area contributed by atoms with E-state index in [0.717, 1.165) is 6.07 Å². The van der Waals surface area contributed by atoms with Crippen LogP contribution in [-0.4, -0.2) is 10.9 Å². The number of carbonyl (C=O) groups excluding carboxylic acids is 1. The van der Waals surface area contributed by atoms with Crippen molar-refractivity contribution in [2.45, 2.75) is 0 Å². The quantitative estimate of drug-likeness (QED) is 0.647. The monoisotopic (exact) mass is 249 g/mol. The van der Waals surface area contributed by atoms with Crippen LogP contribution in [0, 0.1) is 11.8 Å². The SMILES string of the molecule is O=C(NNc1cccc(F)c1)c1cccc(F)n1. The van der Waals surface area contributed by atoms with E-state index in [1.807, 2.05) is 0 Å². The number of nitrogens with zero attached hydrogens (tertiary/aromatic N) is 1. The fourth-order valence-electron chi connectivity index (χ4n) is 1.29. The van der Waals surface area contributed by atoms with Crippen molar-refractivity contribution in [3.8, 4) is 0 Å². The van der Waals surface area contributed by atoms with Crippen molar-refractivity contribution in [1.29, 1.82) is 0 Å². The molecule has 0 saturated carbocycles. The summed E-state index contributed by atoms with van der Waals surface area (Å²) in [7, 11) is 0. The van der Waals surface area contributed by atoms with Gasteiger partial charge in [-0.15, -0.1) is 0 Å². The van der Waals surface area contributed by atoms with Gasteiger partial charge in [0.15, 0.2) is 0 Å². The van der Waals surface area contributed by atoms with Gasteiger partial charge in [0.1, 0.15) is 11.5 Å². The third kappa shape index (κ3) is 3.00. The van der Waals surface area contributed by atoms with E-state index in [1.54, 1.807) is 6.07 Å². The lowest BCUT2D eigenvalue weighted by Crippen LogP contribution is -2.30. The van der Waals surface area contributed by atoms with Crippen LogP contribution in [0.3, 0.4) is 0 Å². The van der Waals surface area contributed by atoms with E-state index < -0.39 is 17.7 Å². The Morgan fingerprint density at radius 3 is 2.61 bits per heavy atom. The van der Waals surface area contributed by atoms with Crippen LogP contribution >= 0.6 is 0 Å². The number of hydrogen-bond acceptors (Lipinski definition) is 3. The first-order chi connectivity index (χ1) is 8.65. The molecule has 2 aromatic rings. The van der Waals surface area contributed by atoms with Crippen LogP contribution in [-0.2, 0) is 0 Å². The molecule has 4 nitrogen and oxygen atoms in total. The maximum Gasteiger partial charge on any atom is 0.288 e. The number of nitrogens with one attached hydrogen (secondary N) is 2. The maximum absolute atomic E-state index is 12.9. The van der Waals surface area contributed by atoms with Gasteiger partial charge >= 0.3 is 0 Å². The summed E-state index contributed by atoms with van der Waals surface area (Å²) in [6.07, 6.45) is 0. The van der Waals surface area contributed by atoms with E-state index in [9.17, 15) is 13.6 Å². The van der Waals surface area contributed by atoms with Crippen LogP contribution in [0.2, 0.25) is 0 Å². The molecule has 0 aliphatic rings. The Bertz CT molecular complexity index is 575. The van der Waals surface area contributed by atoms with Crippen molar-refractivity contribution in [2.75, 3.05) is 5.43 Å². The summed E-state index contributed by atoms with van der Waals surface area (Å²) in [4.78, 5) is 15.0. The number of hydrazine groups is 1. The van der Waals surface area contributed by atoms with E-state index in [-0.39, 0.29) is 5.69 Å². The largest absolute Gasteiger partial charge is 0.298 e. The first kappa shape index (κ1) is 12.0. The van der Waals surface area contributed by atoms with Crippen molar-refractivity contribution >= 4 is 11.6 Å². The van der Waals surface area contributed by atoms with Crippen LogP contribution in [0.5, 0.6) is 0 Å². The number of pyridine rings is 1. The summed E-state index contributed by atoms with van der Waals surface area (Å²) in [6, 6.07) is 9.43. The number of halogens is 2. The lowest BCUT2D eigenvalue weighted by Gasteiger charge is -2.07. The minimum atomic E-state index is -0.742. The fraction of sp³-hybridized carbons (Fsp3) is 0. The molecule has 2 rings (SSSR count). The second-order valence-electron chi connectivity index (χ2n) is 3.44. The summed E-state index contributed by atoms with van der Waals surface area (Å²) in [5.74, 6) is -1.79. The van der Waals surface area contributed by atoms with E-state index >= 15 is 0 Å². The molecule has 0 fully saturated rings. The number of aromatic nitrogens is 1. The van der Waals surface area contributed by atoms with Gasteiger partial charge in [0.25, 0.3) is 5.91 Å². The second kappa shape index (κ2) is 5.22. The Labute approximate surface area is 102 Å². The molecule has 0 spiro atoms. The van der Waals surface area contributed by atoms with Crippen molar-refractivity contribution in [3.05, 3.63) is 59.9 Å². The molecule has 0 atom stereocenters. The fourth-order valence-corrected chi connectivity index (χ4v) is 1.29. The lowest BCUT2D eigenvalue weighted by molar-refractivity contribution is 0.0956. The van der Waals surface area contributed by atoms with Gasteiger partial charge in [-0.3, -0.25) is 15.6 Å². The molecule has 0 unspecified atom stereocenters. The third-order valence-corrected chi connectivity index (χ3v) is 2.09. The van der Waals surface area contributed by atoms with Crippen molar-refractivity contribution in [3.63, 3.8) is 0 Å². The molecule has 2 N–H and O–H groups in total. The molecule has 1 amide bonds. The first-order valence-corrected chi connectivity index (χ1v) is 5.09. The minimum absolute atomic E-state index is 0.0705. The standard InChI is InChI=1S/C12H9F2N3O/c13-8-3-1-4-9(7-8)16-17-12(18)10-5-2-6-11(14)15-10/h1-7,16H,(H,17,18). The average molecular weight is 249 g/mol. The molecule has 1 aromatic heterocycles. The van der Waals surface area contributed by atoms with Gasteiger partial charge < -0.3 is 0 Å². The van der Waals surface area contributed by atoms with Crippen LogP contribution in [0.1, 0.15) is 10.5 Å². The number of benzene rings is 1. The third-order valence-electron chi connectivity index (χ3n) is 2.09. The molecule has 6 heteroatoms. The molecule has 0 radical (unpaired) electrons. The number of anilines is 1. The van der Waals surface area contributed by atoms with E-state index in [1.165, 1.54) is 30.3 Å². The molecule has 1 heterocycles. The van der Waals surface area contributed by atoms with Crippen LogP contribution in [0.25, 0.3) is 0 Å². The zero-order valence-corrected chi connectivity index (χ0v) is 9.15. The molecular formula is C12H9F2N3O. The summed E-state index contributed by atoms with van der Waals surface area (Å²) in [5.41, 5.74) is 5.09. The Balaban J connectivity index is 2.00. The van der Waals surface area contributed by atoms with E-state index in [2.05, 4.69) is 15.8 Å². The maximum atomic E-state index is 12.9. The minimum Gasteiger partial charge on any atom is -0.298 e. The van der Waals surface area contributed by atoms with Gasteiger partial charge in [-0.2, -0.15) is 4.39 Å². The van der Waals surface area contributed by atoms with Gasteiger partial charge in [-0.05, 0) is 30.3 Å². The highest BCUT2D eigenvalue weighted by Crippen LogP contribution is 2.07. The Morgan fingerprint density at radius 1 is 1.11 bits per heavy atom. The Hall–Kier alpha value is -2.50. The normalized spacial score (nSPS) is 9.89. The molecule has 92 valence electrons. The van der Waals surface area contributed by atoms with Crippen molar-refractivity contribution in [1.82, 2.24) is 10.4 Å². The topological polar surface area (TPSA) is 54.0 Å². The van der Waals surface area contributed by atoms with E-state index in [4.69, 9.17) is 0 Å². The number of hydrogen-bond donors (Lipinski definition) is 2. The average Bonchev–Trinajstić information content (AvgIpc) is 2.36. The van der Waals surface area contributed by atoms with Crippen molar-refractivity contribution < 1.29 is 13.6 Å². The first-order valence-electron chi connectivity index (χ1n) is 5.09.